The number of aromatic nitrogens is 2. The summed E-state index contributed by atoms with van der Waals surface area (Å²) in [5.41, 5.74) is 6.34. The number of nitrogens with zero attached hydrogens (tertiary/aromatic N) is 3. The van der Waals surface area contributed by atoms with Gasteiger partial charge in [-0.15, -0.1) is 0 Å². The van der Waals surface area contributed by atoms with Gasteiger partial charge in [-0.1, -0.05) is 77.6 Å². The van der Waals surface area contributed by atoms with Crippen molar-refractivity contribution in [3.63, 3.8) is 0 Å². The predicted octanol–water partition coefficient (Wildman–Crippen LogP) is 6.20. The number of para-hydroxylation sites is 2. The number of thiazole rings is 1. The predicted molar refractivity (Wildman–Crippen MR) is 191 cm³/mol. The third kappa shape index (κ3) is 5.73. The van der Waals surface area contributed by atoms with Gasteiger partial charge in [0.05, 0.1) is 30.0 Å². The highest BCUT2D eigenvalue weighted by atomic mass is 32.1. The Morgan fingerprint density at radius 1 is 0.938 bits per heavy atom. The Morgan fingerprint density at radius 3 is 2.50 bits per heavy atom. The van der Waals surface area contributed by atoms with Crippen LogP contribution in [0.5, 0.6) is 11.5 Å². The van der Waals surface area contributed by atoms with Gasteiger partial charge < -0.3 is 19.4 Å². The Bertz CT molecular complexity index is 2400. The van der Waals surface area contributed by atoms with Crippen molar-refractivity contribution in [1.29, 1.82) is 0 Å². The van der Waals surface area contributed by atoms with Crippen molar-refractivity contribution in [2.45, 2.75) is 26.4 Å². The SMILES string of the molecule is COc1ccc([C@@H]2C(C(=O)Nc3ccccc3)=C(C)N=c3s/c(=C\c4cn(Cc5cccc(C)c5)c5ccccc45)c(=O)n32)c(OC)c1. The number of anilines is 1. The van der Waals surface area contributed by atoms with Crippen molar-refractivity contribution in [1.82, 2.24) is 9.13 Å². The van der Waals surface area contributed by atoms with Crippen LogP contribution < -0.4 is 29.7 Å². The molecule has 9 heteroatoms. The summed E-state index contributed by atoms with van der Waals surface area (Å²) < 4.78 is 15.6. The number of aryl methyl sites for hydroxylation is 1. The summed E-state index contributed by atoms with van der Waals surface area (Å²) in [7, 11) is 3.15. The van der Waals surface area contributed by atoms with Crippen LogP contribution in [0, 0.1) is 6.92 Å². The third-order valence-electron chi connectivity index (χ3n) is 8.57. The zero-order chi connectivity index (χ0) is 33.4. The molecule has 3 heterocycles. The molecule has 0 unspecified atom stereocenters. The van der Waals surface area contributed by atoms with Crippen molar-refractivity contribution in [3.05, 3.63) is 156 Å². The van der Waals surface area contributed by atoms with E-state index in [0.717, 1.165) is 16.5 Å². The van der Waals surface area contributed by atoms with E-state index in [1.165, 1.54) is 22.5 Å². The van der Waals surface area contributed by atoms with E-state index in [4.69, 9.17) is 14.5 Å². The van der Waals surface area contributed by atoms with Crippen LogP contribution in [0.1, 0.15) is 35.2 Å². The van der Waals surface area contributed by atoms with E-state index in [1.807, 2.05) is 54.6 Å². The number of hydrogen-bond donors (Lipinski definition) is 1. The fourth-order valence-electron chi connectivity index (χ4n) is 6.34. The van der Waals surface area contributed by atoms with Crippen molar-refractivity contribution in [2.75, 3.05) is 19.5 Å². The molecule has 1 aliphatic heterocycles. The van der Waals surface area contributed by atoms with Crippen LogP contribution in [0.25, 0.3) is 17.0 Å². The zero-order valence-electron chi connectivity index (χ0n) is 27.1. The first-order valence-electron chi connectivity index (χ1n) is 15.6. The van der Waals surface area contributed by atoms with Crippen molar-refractivity contribution >= 4 is 39.9 Å². The Morgan fingerprint density at radius 2 is 1.73 bits per heavy atom. The molecule has 1 N–H and O–H groups in total. The van der Waals surface area contributed by atoms with Gasteiger partial charge in [-0.05, 0) is 55.8 Å². The molecule has 0 aliphatic carbocycles. The Kier molecular flexibility index (Phi) is 8.29. The second-order valence-electron chi connectivity index (χ2n) is 11.7. The Balaban J connectivity index is 1.39. The van der Waals surface area contributed by atoms with Crippen LogP contribution in [0.2, 0.25) is 0 Å². The van der Waals surface area contributed by atoms with Gasteiger partial charge in [0, 0.05) is 46.5 Å². The zero-order valence-corrected chi connectivity index (χ0v) is 27.9. The summed E-state index contributed by atoms with van der Waals surface area (Å²) in [6, 6.07) is 30.5. The molecule has 1 atom stereocenters. The fraction of sp³-hybridized carbons (Fsp3) is 0.154. The molecule has 8 nitrogen and oxygen atoms in total. The molecule has 48 heavy (non-hydrogen) atoms. The fourth-order valence-corrected chi connectivity index (χ4v) is 7.38. The van der Waals surface area contributed by atoms with E-state index in [0.29, 0.717) is 49.9 Å². The van der Waals surface area contributed by atoms with Crippen molar-refractivity contribution < 1.29 is 14.3 Å². The average molecular weight is 655 g/mol. The van der Waals surface area contributed by atoms with E-state index in [-0.39, 0.29) is 11.5 Å². The highest BCUT2D eigenvalue weighted by Crippen LogP contribution is 2.37. The summed E-state index contributed by atoms with van der Waals surface area (Å²) in [5.74, 6) is 0.743. The molecule has 0 radical (unpaired) electrons. The lowest BCUT2D eigenvalue weighted by molar-refractivity contribution is -0.113. The number of rotatable bonds is 8. The Hall–Kier alpha value is -5.67. The molecule has 7 rings (SSSR count). The van der Waals surface area contributed by atoms with E-state index < -0.39 is 6.04 Å². The van der Waals surface area contributed by atoms with E-state index >= 15 is 0 Å². The van der Waals surface area contributed by atoms with Crippen LogP contribution in [0.15, 0.2) is 124 Å². The molecular formula is C39H34N4O4S. The quantitative estimate of drug-likeness (QED) is 0.212. The number of carbonyl (C=O) groups excluding carboxylic acids is 1. The highest BCUT2D eigenvalue weighted by Gasteiger charge is 2.34. The molecule has 0 fully saturated rings. The number of amides is 1. The van der Waals surface area contributed by atoms with Crippen LogP contribution in [-0.2, 0) is 11.3 Å². The van der Waals surface area contributed by atoms with Crippen molar-refractivity contribution in [3.8, 4) is 11.5 Å². The van der Waals surface area contributed by atoms with Gasteiger partial charge in [0.25, 0.3) is 11.5 Å². The lowest BCUT2D eigenvalue weighted by atomic mass is 9.94. The molecule has 4 aromatic carbocycles. The van der Waals surface area contributed by atoms with Gasteiger partial charge in [-0.3, -0.25) is 14.2 Å². The number of methoxy groups -OCH3 is 2. The van der Waals surface area contributed by atoms with Gasteiger partial charge in [0.15, 0.2) is 4.80 Å². The van der Waals surface area contributed by atoms with Crippen LogP contribution in [-0.4, -0.2) is 29.3 Å². The monoisotopic (exact) mass is 654 g/mol. The van der Waals surface area contributed by atoms with E-state index in [9.17, 15) is 9.59 Å². The molecule has 0 spiro atoms. The van der Waals surface area contributed by atoms with Crippen LogP contribution >= 0.6 is 11.3 Å². The minimum Gasteiger partial charge on any atom is -0.497 e. The smallest absolute Gasteiger partial charge is 0.271 e. The topological polar surface area (TPSA) is 86.9 Å². The maximum Gasteiger partial charge on any atom is 0.271 e. The van der Waals surface area contributed by atoms with Gasteiger partial charge in [0.1, 0.15) is 17.5 Å². The standard InChI is InChI=1S/C39H34N4O4S/c1-24-11-10-12-26(19-24)22-42-23-27(30-15-8-9-16-32(30)42)20-34-38(45)43-36(31-18-17-29(46-3)21-33(31)47-4)35(25(2)40-39(43)48-34)37(44)41-28-13-6-5-7-14-28/h5-21,23,36H,22H2,1-4H3,(H,41,44)/b34-20-/t36-/m1/s1. The van der Waals surface area contributed by atoms with E-state index in [1.54, 1.807) is 37.8 Å². The number of ether oxygens (including phenoxy) is 2. The minimum absolute atomic E-state index is 0.241. The molecular weight excluding hydrogens is 621 g/mol. The molecule has 0 saturated carbocycles. The number of allylic oxidation sites excluding steroid dienone is 1. The third-order valence-corrected chi connectivity index (χ3v) is 9.56. The number of fused-ring (bicyclic) bond motifs is 2. The summed E-state index contributed by atoms with van der Waals surface area (Å²) >= 11 is 1.31. The number of benzene rings is 4. The van der Waals surface area contributed by atoms with Crippen LogP contribution in [0.3, 0.4) is 0 Å². The maximum absolute atomic E-state index is 14.5. The molecule has 240 valence electrons. The molecule has 2 aromatic heterocycles. The summed E-state index contributed by atoms with van der Waals surface area (Å²) in [6.07, 6.45) is 4.03. The molecule has 0 bridgehead atoms. The maximum atomic E-state index is 14.5. The minimum atomic E-state index is -0.796. The normalized spacial score (nSPS) is 14.5. The van der Waals surface area contributed by atoms with Crippen molar-refractivity contribution in [2.24, 2.45) is 4.99 Å². The van der Waals surface area contributed by atoms with Gasteiger partial charge in [-0.25, -0.2) is 4.99 Å². The summed E-state index contributed by atoms with van der Waals surface area (Å²) in [6.45, 7) is 4.60. The lowest BCUT2D eigenvalue weighted by Crippen LogP contribution is -2.40. The largest absolute Gasteiger partial charge is 0.497 e. The second-order valence-corrected chi connectivity index (χ2v) is 12.7. The van der Waals surface area contributed by atoms with Gasteiger partial charge in [0.2, 0.25) is 0 Å². The van der Waals surface area contributed by atoms with Gasteiger partial charge in [-0.2, -0.15) is 0 Å². The molecule has 6 aromatic rings. The van der Waals surface area contributed by atoms with Gasteiger partial charge >= 0.3 is 0 Å². The molecule has 0 saturated heterocycles. The lowest BCUT2D eigenvalue weighted by Gasteiger charge is -2.26. The Labute approximate surface area is 281 Å². The van der Waals surface area contributed by atoms with Crippen LogP contribution in [0.4, 0.5) is 5.69 Å². The number of hydrogen-bond acceptors (Lipinski definition) is 6. The number of carbonyl (C=O) groups is 1. The van der Waals surface area contributed by atoms with E-state index in [2.05, 4.69) is 59.4 Å². The first kappa shape index (κ1) is 31.0. The average Bonchev–Trinajstić information content (AvgIpc) is 3.59. The molecule has 1 aliphatic rings. The number of nitrogens with one attached hydrogen (secondary N) is 1. The first-order valence-corrected chi connectivity index (χ1v) is 16.4. The summed E-state index contributed by atoms with van der Waals surface area (Å²) in [5, 5.41) is 4.04. The summed E-state index contributed by atoms with van der Waals surface area (Å²) in [4.78, 5) is 33.8. The second kappa shape index (κ2) is 12.8. The first-order chi connectivity index (χ1) is 23.3. The molecule has 1 amide bonds. The highest BCUT2D eigenvalue weighted by molar-refractivity contribution is 7.07.